The first kappa shape index (κ1) is 7.40. The summed E-state index contributed by atoms with van der Waals surface area (Å²) < 4.78 is 5.04. The molecule has 64 valence electrons. The summed E-state index contributed by atoms with van der Waals surface area (Å²) in [5.74, 6) is 0.712. The summed E-state index contributed by atoms with van der Waals surface area (Å²) in [6.07, 6.45) is 6.11. The average Bonchev–Trinajstić information content (AvgIpc) is 2.43. The van der Waals surface area contributed by atoms with Crippen LogP contribution in [0, 0.1) is 0 Å². The largest absolute Gasteiger partial charge is 0.481 e. The van der Waals surface area contributed by atoms with Crippen LogP contribution in [0.15, 0.2) is 28.9 Å². The summed E-state index contributed by atoms with van der Waals surface area (Å²) in [7, 11) is 1.64. The molecule has 2 heterocycles. The number of allylic oxidation sites excluding steroid dienone is 1. The molecule has 12 heavy (non-hydrogen) atoms. The summed E-state index contributed by atoms with van der Waals surface area (Å²) in [5, 5.41) is 3.31. The Labute approximate surface area is 71.8 Å². The smallest absolute Gasteiger partial charge is 0.208 e. The zero-order valence-corrected chi connectivity index (χ0v) is 7.24. The van der Waals surface area contributed by atoms with E-state index in [1.54, 1.807) is 7.11 Å². The molecule has 0 aromatic heterocycles. The third kappa shape index (κ3) is 1.11. The van der Waals surface area contributed by atoms with E-state index in [4.69, 9.17) is 4.74 Å². The van der Waals surface area contributed by atoms with Crippen molar-refractivity contribution in [3.05, 3.63) is 23.9 Å². The highest BCUT2D eigenvalue weighted by atomic mass is 16.5. The second-order valence-corrected chi connectivity index (χ2v) is 3.04. The SMILES string of the molecule is COC1=NC2C=C(C)NC2C=C1. The maximum Gasteiger partial charge on any atom is 0.208 e. The highest BCUT2D eigenvalue weighted by molar-refractivity contribution is 5.89. The lowest BCUT2D eigenvalue weighted by Gasteiger charge is -2.17. The van der Waals surface area contributed by atoms with Crippen LogP contribution in [0.3, 0.4) is 0 Å². The van der Waals surface area contributed by atoms with Crippen molar-refractivity contribution >= 4 is 5.90 Å². The van der Waals surface area contributed by atoms with Crippen molar-refractivity contribution in [1.29, 1.82) is 0 Å². The molecule has 3 heteroatoms. The number of nitrogens with one attached hydrogen (secondary N) is 1. The van der Waals surface area contributed by atoms with E-state index in [1.807, 2.05) is 13.0 Å². The Kier molecular flexibility index (Phi) is 1.64. The molecule has 0 aliphatic carbocycles. The van der Waals surface area contributed by atoms with Crippen LogP contribution < -0.4 is 5.32 Å². The summed E-state index contributed by atoms with van der Waals surface area (Å²) in [4.78, 5) is 4.38. The first-order valence-electron chi connectivity index (χ1n) is 4.04. The number of methoxy groups -OCH3 is 1. The lowest BCUT2D eigenvalue weighted by atomic mass is 10.1. The molecule has 0 fully saturated rings. The molecule has 2 unspecified atom stereocenters. The molecule has 0 saturated carbocycles. The molecule has 2 aliphatic heterocycles. The molecule has 1 N–H and O–H groups in total. The van der Waals surface area contributed by atoms with Gasteiger partial charge >= 0.3 is 0 Å². The highest BCUT2D eigenvalue weighted by Gasteiger charge is 2.25. The minimum atomic E-state index is 0.227. The third-order valence-corrected chi connectivity index (χ3v) is 2.11. The second kappa shape index (κ2) is 2.66. The van der Waals surface area contributed by atoms with Crippen LogP contribution in [0.5, 0.6) is 0 Å². The fourth-order valence-electron chi connectivity index (χ4n) is 1.53. The van der Waals surface area contributed by atoms with Crippen LogP contribution in [0.1, 0.15) is 6.92 Å². The van der Waals surface area contributed by atoms with Gasteiger partial charge in [0.25, 0.3) is 0 Å². The lowest BCUT2D eigenvalue weighted by molar-refractivity contribution is 0.399. The van der Waals surface area contributed by atoms with Gasteiger partial charge in [-0.2, -0.15) is 0 Å². The van der Waals surface area contributed by atoms with Gasteiger partial charge in [-0.1, -0.05) is 6.08 Å². The topological polar surface area (TPSA) is 33.6 Å². The van der Waals surface area contributed by atoms with Gasteiger partial charge in [0.1, 0.15) is 0 Å². The first-order chi connectivity index (χ1) is 5.79. The third-order valence-electron chi connectivity index (χ3n) is 2.11. The first-order valence-corrected chi connectivity index (χ1v) is 4.04. The average molecular weight is 164 g/mol. The Balaban J connectivity index is 2.21. The van der Waals surface area contributed by atoms with Crippen molar-refractivity contribution in [1.82, 2.24) is 5.32 Å². The number of ether oxygens (including phenoxy) is 1. The zero-order chi connectivity index (χ0) is 8.55. The quantitative estimate of drug-likeness (QED) is 0.575. The highest BCUT2D eigenvalue weighted by Crippen LogP contribution is 2.17. The van der Waals surface area contributed by atoms with E-state index >= 15 is 0 Å². The van der Waals surface area contributed by atoms with Gasteiger partial charge in [0.2, 0.25) is 5.90 Å². The second-order valence-electron chi connectivity index (χ2n) is 3.04. The Morgan fingerprint density at radius 3 is 3.17 bits per heavy atom. The molecule has 2 rings (SSSR count). The number of fused-ring (bicyclic) bond motifs is 1. The van der Waals surface area contributed by atoms with Crippen molar-refractivity contribution in [2.75, 3.05) is 7.11 Å². The Bertz CT molecular complexity index is 278. The van der Waals surface area contributed by atoms with Gasteiger partial charge in [0, 0.05) is 5.70 Å². The van der Waals surface area contributed by atoms with Crippen LogP contribution in [0.2, 0.25) is 0 Å². The van der Waals surface area contributed by atoms with Gasteiger partial charge in [-0.25, -0.2) is 4.99 Å². The van der Waals surface area contributed by atoms with Crippen molar-refractivity contribution in [3.8, 4) is 0 Å². The predicted molar refractivity (Wildman–Crippen MR) is 48.1 cm³/mol. The monoisotopic (exact) mass is 164 g/mol. The minimum absolute atomic E-state index is 0.227. The summed E-state index contributed by atoms with van der Waals surface area (Å²) in [6.45, 7) is 2.05. The van der Waals surface area contributed by atoms with Crippen molar-refractivity contribution in [3.63, 3.8) is 0 Å². The lowest BCUT2D eigenvalue weighted by Crippen LogP contribution is -2.31. The van der Waals surface area contributed by atoms with Gasteiger partial charge in [0.15, 0.2) is 0 Å². The van der Waals surface area contributed by atoms with Crippen molar-refractivity contribution in [2.24, 2.45) is 4.99 Å². The number of hydrogen-bond acceptors (Lipinski definition) is 3. The summed E-state index contributed by atoms with van der Waals surface area (Å²) >= 11 is 0. The summed E-state index contributed by atoms with van der Waals surface area (Å²) in [6, 6.07) is 0.564. The molecule has 0 saturated heterocycles. The van der Waals surface area contributed by atoms with E-state index in [0.29, 0.717) is 11.9 Å². The van der Waals surface area contributed by atoms with Gasteiger partial charge in [-0.15, -0.1) is 0 Å². The number of aliphatic imine (C=N–C) groups is 1. The van der Waals surface area contributed by atoms with Crippen LogP contribution in [0.25, 0.3) is 0 Å². The van der Waals surface area contributed by atoms with E-state index in [0.717, 1.165) is 0 Å². The number of rotatable bonds is 0. The van der Waals surface area contributed by atoms with Crippen LogP contribution in [0.4, 0.5) is 0 Å². The molecule has 0 radical (unpaired) electrons. The molecule has 0 amide bonds. The summed E-state index contributed by atoms with van der Waals surface area (Å²) in [5.41, 5.74) is 1.19. The Morgan fingerprint density at radius 2 is 2.42 bits per heavy atom. The van der Waals surface area contributed by atoms with Gasteiger partial charge in [0.05, 0.1) is 19.2 Å². The normalized spacial score (nSPS) is 31.8. The molecule has 3 nitrogen and oxygen atoms in total. The van der Waals surface area contributed by atoms with E-state index in [1.165, 1.54) is 5.70 Å². The molecule has 0 bridgehead atoms. The van der Waals surface area contributed by atoms with Gasteiger partial charge in [-0.3, -0.25) is 0 Å². The molecular formula is C9H12N2O. The maximum absolute atomic E-state index is 5.04. The number of dihydropyridines is 1. The van der Waals surface area contributed by atoms with Crippen molar-refractivity contribution < 1.29 is 4.74 Å². The van der Waals surface area contributed by atoms with E-state index < -0.39 is 0 Å². The molecular weight excluding hydrogens is 152 g/mol. The van der Waals surface area contributed by atoms with Gasteiger partial charge < -0.3 is 10.1 Å². The predicted octanol–water partition coefficient (Wildman–Crippen LogP) is 0.845. The van der Waals surface area contributed by atoms with Crippen LogP contribution >= 0.6 is 0 Å². The standard InChI is InChI=1S/C9H12N2O/c1-6-5-8-7(10-6)3-4-9(11-8)12-2/h3-5,7-8,10H,1-2H3. The Morgan fingerprint density at radius 1 is 1.58 bits per heavy atom. The molecule has 2 atom stereocenters. The molecule has 0 aromatic rings. The van der Waals surface area contributed by atoms with Crippen LogP contribution in [-0.2, 0) is 4.74 Å². The molecule has 0 spiro atoms. The van der Waals surface area contributed by atoms with Crippen LogP contribution in [-0.4, -0.2) is 25.1 Å². The van der Waals surface area contributed by atoms with E-state index in [2.05, 4.69) is 22.5 Å². The number of hydrogen-bond donors (Lipinski definition) is 1. The molecule has 2 aliphatic rings. The van der Waals surface area contributed by atoms with E-state index in [9.17, 15) is 0 Å². The maximum atomic E-state index is 5.04. The van der Waals surface area contributed by atoms with E-state index in [-0.39, 0.29) is 6.04 Å². The minimum Gasteiger partial charge on any atom is -0.481 e. The fraction of sp³-hybridized carbons (Fsp3) is 0.444. The Hall–Kier alpha value is -1.25. The molecule has 0 aromatic carbocycles. The number of nitrogens with zero attached hydrogens (tertiary/aromatic N) is 1. The zero-order valence-electron chi connectivity index (χ0n) is 7.24. The van der Waals surface area contributed by atoms with Gasteiger partial charge in [-0.05, 0) is 19.1 Å². The van der Waals surface area contributed by atoms with Crippen molar-refractivity contribution in [2.45, 2.75) is 19.0 Å². The fourth-order valence-corrected chi connectivity index (χ4v) is 1.53.